The summed E-state index contributed by atoms with van der Waals surface area (Å²) in [5.41, 5.74) is -1.28. The molecule has 10 heteroatoms. The number of aromatic nitrogens is 2. The van der Waals surface area contributed by atoms with Crippen molar-refractivity contribution in [1.29, 1.82) is 5.26 Å². The lowest BCUT2D eigenvalue weighted by Crippen LogP contribution is -2.47. The van der Waals surface area contributed by atoms with Gasteiger partial charge in [-0.25, -0.2) is 9.37 Å². The van der Waals surface area contributed by atoms with E-state index in [1.165, 1.54) is 10.8 Å². The summed E-state index contributed by atoms with van der Waals surface area (Å²) >= 11 is 0. The molecule has 0 amide bonds. The topological polar surface area (TPSA) is 77.9 Å². The second-order valence-corrected chi connectivity index (χ2v) is 8.70. The number of hydrogen-bond donors (Lipinski definition) is 0. The molecule has 1 aromatic carbocycles. The fourth-order valence-corrected chi connectivity index (χ4v) is 5.01. The summed E-state index contributed by atoms with van der Waals surface area (Å²) in [4.78, 5) is 13.1. The molecule has 5 rings (SSSR count). The molecular formula is C23H19F3N6O+. The van der Waals surface area contributed by atoms with Gasteiger partial charge < -0.3 is 0 Å². The zero-order valence-corrected chi connectivity index (χ0v) is 17.8. The summed E-state index contributed by atoms with van der Waals surface area (Å²) in [5.74, 6) is 0.476. The third kappa shape index (κ3) is 3.18. The average molecular weight is 452 g/mol. The molecular weight excluding hydrogens is 433 g/mol. The maximum absolute atomic E-state index is 13.6. The predicted molar refractivity (Wildman–Crippen MR) is 113 cm³/mol. The van der Waals surface area contributed by atoms with E-state index in [4.69, 9.17) is 5.26 Å². The number of hydrogen-bond acceptors (Lipinski definition) is 4. The Kier molecular flexibility index (Phi) is 4.57. The molecule has 0 atom stereocenters. The van der Waals surface area contributed by atoms with E-state index in [0.29, 0.717) is 11.6 Å². The lowest BCUT2D eigenvalue weighted by molar-refractivity contribution is -0.489. The number of pyridine rings is 1. The van der Waals surface area contributed by atoms with Gasteiger partial charge in [-0.05, 0) is 47.6 Å². The highest BCUT2D eigenvalue weighted by Crippen LogP contribution is 2.54. The van der Waals surface area contributed by atoms with Crippen molar-refractivity contribution in [3.05, 3.63) is 76.1 Å². The summed E-state index contributed by atoms with van der Waals surface area (Å²) in [6.45, 7) is 2.15. The van der Waals surface area contributed by atoms with Crippen molar-refractivity contribution in [2.75, 3.05) is 7.05 Å². The Morgan fingerprint density at radius 1 is 1.24 bits per heavy atom. The molecule has 33 heavy (non-hydrogen) atoms. The average Bonchev–Trinajstić information content (AvgIpc) is 3.33. The van der Waals surface area contributed by atoms with Crippen molar-refractivity contribution in [2.24, 2.45) is 16.1 Å². The van der Waals surface area contributed by atoms with Crippen molar-refractivity contribution in [3.63, 3.8) is 0 Å². The summed E-state index contributed by atoms with van der Waals surface area (Å²) in [5, 5.41) is 17.5. The molecule has 0 saturated heterocycles. The Morgan fingerprint density at radius 2 is 2.00 bits per heavy atom. The van der Waals surface area contributed by atoms with Gasteiger partial charge in [-0.1, -0.05) is 19.1 Å². The predicted octanol–water partition coefficient (Wildman–Crippen LogP) is 4.27. The standard InChI is InChI=1S/C23H19F3N6O/c1-14-8-22(9-14,20-29-28-13-30(20)2)16-4-3-5-17(7-16)31-12-19-18(23(24,25)26)6-15(10-27)11-32(19)21(31)33/h3-7,11-14H,8-9H2,1-2H3/q+1. The van der Waals surface area contributed by atoms with Crippen molar-refractivity contribution in [3.8, 4) is 11.8 Å². The molecule has 2 aromatic heterocycles. The normalized spacial score (nSPS) is 22.9. The van der Waals surface area contributed by atoms with Gasteiger partial charge in [-0.15, -0.1) is 0 Å². The van der Waals surface area contributed by atoms with Crippen LogP contribution in [0.5, 0.6) is 0 Å². The molecule has 0 bridgehead atoms. The lowest BCUT2D eigenvalue weighted by atomic mass is 9.57. The highest BCUT2D eigenvalue weighted by Gasteiger charge is 2.56. The van der Waals surface area contributed by atoms with E-state index in [9.17, 15) is 18.0 Å². The fourth-order valence-electron chi connectivity index (χ4n) is 5.01. The second kappa shape index (κ2) is 7.13. The van der Waals surface area contributed by atoms with Crippen LogP contribution in [-0.2, 0) is 11.6 Å². The Labute approximate surface area is 186 Å². The Balaban J connectivity index is 1.67. The number of alkyl halides is 3. The number of imidazole rings is 1. The van der Waals surface area contributed by atoms with Gasteiger partial charge in [0.1, 0.15) is 6.07 Å². The first-order valence-electron chi connectivity index (χ1n) is 10.3. The molecule has 1 saturated carbocycles. The van der Waals surface area contributed by atoms with Gasteiger partial charge in [0.25, 0.3) is 0 Å². The van der Waals surface area contributed by atoms with E-state index in [1.54, 1.807) is 24.5 Å². The van der Waals surface area contributed by atoms with Crippen LogP contribution in [0.2, 0.25) is 0 Å². The van der Waals surface area contributed by atoms with Gasteiger partial charge in [0.15, 0.2) is 0 Å². The van der Waals surface area contributed by atoms with Gasteiger partial charge in [-0.3, -0.25) is 8.97 Å². The van der Waals surface area contributed by atoms with E-state index in [0.717, 1.165) is 41.2 Å². The van der Waals surface area contributed by atoms with E-state index in [-0.39, 0.29) is 16.5 Å². The number of azo groups is 1. The largest absolute Gasteiger partial charge is 0.418 e. The van der Waals surface area contributed by atoms with Crippen LogP contribution in [0, 0.1) is 23.4 Å². The quantitative estimate of drug-likeness (QED) is 0.557. The summed E-state index contributed by atoms with van der Waals surface area (Å²) < 4.78 is 44.8. The number of fused-ring (bicyclic) bond motifs is 1. The van der Waals surface area contributed by atoms with E-state index < -0.39 is 17.4 Å². The summed E-state index contributed by atoms with van der Waals surface area (Å²) in [6, 6.07) is 9.67. The molecule has 1 aliphatic heterocycles. The van der Waals surface area contributed by atoms with Gasteiger partial charge in [0.05, 0.1) is 39.9 Å². The molecule has 0 spiro atoms. The number of nitriles is 1. The van der Waals surface area contributed by atoms with Crippen LogP contribution >= 0.6 is 0 Å². The summed E-state index contributed by atoms with van der Waals surface area (Å²) in [6.07, 6.45) is 1.73. The maximum atomic E-state index is 13.6. The number of rotatable bonds is 3. The minimum absolute atomic E-state index is 0.242. The van der Waals surface area contributed by atoms with Gasteiger partial charge in [0, 0.05) is 12.4 Å². The third-order valence-corrected chi connectivity index (χ3v) is 6.41. The highest BCUT2D eigenvalue weighted by molar-refractivity contribution is 5.59. The van der Waals surface area contributed by atoms with Gasteiger partial charge >= 0.3 is 24.4 Å². The van der Waals surface area contributed by atoms with Crippen LogP contribution in [0.25, 0.3) is 11.2 Å². The van der Waals surface area contributed by atoms with Crippen LogP contribution in [0.4, 0.5) is 13.2 Å². The monoisotopic (exact) mass is 452 g/mol. The number of likely N-dealkylation sites (N-methyl/N-ethyl adjacent to an activating group) is 1. The molecule has 3 heterocycles. The second-order valence-electron chi connectivity index (χ2n) is 8.70. The zero-order valence-electron chi connectivity index (χ0n) is 17.8. The lowest BCUT2D eigenvalue weighted by Gasteiger charge is -2.46. The molecule has 0 unspecified atom stereocenters. The van der Waals surface area contributed by atoms with E-state index in [1.807, 2.05) is 23.8 Å². The Morgan fingerprint density at radius 3 is 2.61 bits per heavy atom. The molecule has 7 nitrogen and oxygen atoms in total. The van der Waals surface area contributed by atoms with Crippen molar-refractivity contribution >= 4 is 11.9 Å². The maximum Gasteiger partial charge on any atom is 0.418 e. The smallest absolute Gasteiger partial charge is 0.267 e. The Hall–Kier alpha value is -3.74. The van der Waals surface area contributed by atoms with Crippen LogP contribution in [0.15, 0.2) is 57.7 Å². The molecule has 1 radical (unpaired) electrons. The van der Waals surface area contributed by atoms with E-state index in [2.05, 4.69) is 17.2 Å². The van der Waals surface area contributed by atoms with Crippen molar-refractivity contribution < 1.29 is 17.7 Å². The minimum Gasteiger partial charge on any atom is -0.267 e. The molecule has 3 aromatic rings. The first kappa shape index (κ1) is 21.1. The SMILES string of the molecule is CC1CC([C]2N=NC=[N+]2C)(c2cccc(-n3cc4c(C(F)(F)F)cc(C#N)cn4c3=O)c2)C1. The number of nitrogens with zero attached hydrogens (tertiary/aromatic N) is 6. The zero-order chi connectivity index (χ0) is 23.5. The molecule has 1 fully saturated rings. The molecule has 0 N–H and O–H groups in total. The van der Waals surface area contributed by atoms with Crippen LogP contribution in [0.1, 0.15) is 36.5 Å². The number of halogens is 3. The van der Waals surface area contributed by atoms with Crippen molar-refractivity contribution in [1.82, 2.24) is 8.97 Å². The highest BCUT2D eigenvalue weighted by atomic mass is 19.4. The van der Waals surface area contributed by atoms with Gasteiger partial charge in [-0.2, -0.15) is 18.4 Å². The first-order chi connectivity index (χ1) is 15.6. The molecule has 2 aliphatic rings. The molecule has 167 valence electrons. The van der Waals surface area contributed by atoms with Crippen molar-refractivity contribution in [2.45, 2.75) is 31.4 Å². The van der Waals surface area contributed by atoms with Crippen LogP contribution < -0.4 is 5.69 Å². The fraction of sp³-hybridized carbons (Fsp3) is 0.304. The van der Waals surface area contributed by atoms with Crippen LogP contribution in [-0.4, -0.2) is 26.9 Å². The molecule has 1 aliphatic carbocycles. The van der Waals surface area contributed by atoms with Gasteiger partial charge in [0.2, 0.25) is 0 Å². The summed E-state index contributed by atoms with van der Waals surface area (Å²) in [7, 11) is 1.88. The van der Waals surface area contributed by atoms with E-state index >= 15 is 0 Å². The first-order valence-corrected chi connectivity index (χ1v) is 10.3. The third-order valence-electron chi connectivity index (χ3n) is 6.41. The Bertz CT molecular complexity index is 1430. The number of benzene rings is 1. The minimum atomic E-state index is -4.71. The van der Waals surface area contributed by atoms with Crippen LogP contribution in [0.3, 0.4) is 0 Å².